The van der Waals surface area contributed by atoms with Gasteiger partial charge in [-0.2, -0.15) is 0 Å². The molecule has 0 spiro atoms. The Labute approximate surface area is 107 Å². The monoisotopic (exact) mass is 271 g/mol. The second kappa shape index (κ2) is 4.69. The highest BCUT2D eigenvalue weighted by molar-refractivity contribution is 6.45. The number of rotatable bonds is 2. The lowest BCUT2D eigenvalue weighted by molar-refractivity contribution is 0.318. The van der Waals surface area contributed by atoms with Gasteiger partial charge in [-0.3, -0.25) is 0 Å². The van der Waals surface area contributed by atoms with E-state index in [1.807, 2.05) is 0 Å². The summed E-state index contributed by atoms with van der Waals surface area (Å²) in [6.07, 6.45) is 1.44. The van der Waals surface area contributed by atoms with E-state index in [1.54, 1.807) is 12.1 Å². The van der Waals surface area contributed by atoms with Gasteiger partial charge in [-0.1, -0.05) is 28.4 Å². The van der Waals surface area contributed by atoms with E-state index in [4.69, 9.17) is 32.8 Å². The van der Waals surface area contributed by atoms with Crippen LogP contribution in [0, 0.1) is 0 Å². The van der Waals surface area contributed by atoms with Crippen molar-refractivity contribution in [2.75, 3.05) is 0 Å². The molecular weight excluding hydrogens is 265 g/mol. The fourth-order valence-corrected chi connectivity index (χ4v) is 1.79. The van der Waals surface area contributed by atoms with Crippen LogP contribution in [0.1, 0.15) is 11.3 Å². The number of halogens is 2. The van der Waals surface area contributed by atoms with Crippen molar-refractivity contribution >= 4 is 28.9 Å². The van der Waals surface area contributed by atoms with Crippen molar-refractivity contribution in [1.29, 1.82) is 0 Å². The predicted molar refractivity (Wildman–Crippen MR) is 64.3 cm³/mol. The quantitative estimate of drug-likeness (QED) is 0.499. The summed E-state index contributed by atoms with van der Waals surface area (Å²) in [6.45, 7) is 0. The zero-order chi connectivity index (χ0) is 12.4. The third-order valence-corrected chi connectivity index (χ3v) is 3.04. The standard InChI is InChI=1S/C11H7Cl2NO3/c12-9-6(3-4-7(15)10(9)13)11(14-16)8-2-1-5-17-8/h1-5,15-16H. The van der Waals surface area contributed by atoms with Gasteiger partial charge in [0.2, 0.25) is 0 Å². The topological polar surface area (TPSA) is 66.0 Å². The minimum absolute atomic E-state index is 0.00290. The summed E-state index contributed by atoms with van der Waals surface area (Å²) in [4.78, 5) is 0. The maximum absolute atomic E-state index is 9.37. The first-order chi connectivity index (χ1) is 8.15. The van der Waals surface area contributed by atoms with Gasteiger partial charge in [0.25, 0.3) is 0 Å². The molecule has 0 aliphatic heterocycles. The Bertz CT molecular complexity index is 564. The molecule has 4 nitrogen and oxygen atoms in total. The highest BCUT2D eigenvalue weighted by Crippen LogP contribution is 2.34. The van der Waals surface area contributed by atoms with Crippen molar-refractivity contribution in [3.8, 4) is 5.75 Å². The van der Waals surface area contributed by atoms with Crippen LogP contribution in [0.4, 0.5) is 0 Å². The van der Waals surface area contributed by atoms with Gasteiger partial charge in [-0.25, -0.2) is 0 Å². The third-order valence-electron chi connectivity index (χ3n) is 2.17. The molecule has 0 aliphatic rings. The van der Waals surface area contributed by atoms with Crippen LogP contribution in [0.2, 0.25) is 10.0 Å². The second-order valence-corrected chi connectivity index (χ2v) is 3.94. The molecule has 0 radical (unpaired) electrons. The minimum Gasteiger partial charge on any atom is -0.506 e. The minimum atomic E-state index is -0.142. The van der Waals surface area contributed by atoms with Gasteiger partial charge in [-0.15, -0.1) is 0 Å². The Morgan fingerprint density at radius 2 is 1.94 bits per heavy atom. The lowest BCUT2D eigenvalue weighted by atomic mass is 10.1. The van der Waals surface area contributed by atoms with Crippen LogP contribution in [0.5, 0.6) is 5.75 Å². The zero-order valence-electron chi connectivity index (χ0n) is 8.39. The van der Waals surface area contributed by atoms with Crippen LogP contribution >= 0.6 is 23.2 Å². The summed E-state index contributed by atoms with van der Waals surface area (Å²) >= 11 is 11.8. The van der Waals surface area contributed by atoms with Gasteiger partial charge in [-0.05, 0) is 24.3 Å². The van der Waals surface area contributed by atoms with E-state index in [0.29, 0.717) is 11.3 Å². The molecule has 6 heteroatoms. The number of nitrogens with zero attached hydrogens (tertiary/aromatic N) is 1. The number of oxime groups is 1. The molecule has 17 heavy (non-hydrogen) atoms. The average molecular weight is 272 g/mol. The smallest absolute Gasteiger partial charge is 0.156 e. The van der Waals surface area contributed by atoms with E-state index in [0.717, 1.165) is 0 Å². The number of phenols is 1. The number of hydrogen-bond donors (Lipinski definition) is 2. The number of hydrogen-bond acceptors (Lipinski definition) is 4. The molecule has 2 aromatic rings. The molecule has 0 amide bonds. The van der Waals surface area contributed by atoms with Crippen molar-refractivity contribution in [2.24, 2.45) is 5.16 Å². The van der Waals surface area contributed by atoms with Gasteiger partial charge in [0.1, 0.15) is 10.8 Å². The van der Waals surface area contributed by atoms with Gasteiger partial charge < -0.3 is 14.7 Å². The molecule has 0 unspecified atom stereocenters. The molecule has 0 aliphatic carbocycles. The van der Waals surface area contributed by atoms with Gasteiger partial charge in [0, 0.05) is 5.56 Å². The van der Waals surface area contributed by atoms with Gasteiger partial charge >= 0.3 is 0 Å². The molecule has 2 N–H and O–H groups in total. The number of aromatic hydroxyl groups is 1. The summed E-state index contributed by atoms with van der Waals surface area (Å²) in [5.74, 6) is 0.202. The van der Waals surface area contributed by atoms with Crippen molar-refractivity contribution in [3.05, 3.63) is 51.9 Å². The first-order valence-electron chi connectivity index (χ1n) is 4.58. The van der Waals surface area contributed by atoms with E-state index < -0.39 is 0 Å². The van der Waals surface area contributed by atoms with E-state index in [-0.39, 0.29) is 21.5 Å². The number of furan rings is 1. The summed E-state index contributed by atoms with van der Waals surface area (Å²) in [6, 6.07) is 6.11. The van der Waals surface area contributed by atoms with Crippen LogP contribution in [0.25, 0.3) is 0 Å². The van der Waals surface area contributed by atoms with Crippen molar-refractivity contribution in [1.82, 2.24) is 0 Å². The van der Waals surface area contributed by atoms with E-state index in [2.05, 4.69) is 5.16 Å². The summed E-state index contributed by atoms with van der Waals surface area (Å²) in [7, 11) is 0. The fraction of sp³-hybridized carbons (Fsp3) is 0. The van der Waals surface area contributed by atoms with Gasteiger partial charge in [0.05, 0.1) is 11.3 Å². The summed E-state index contributed by atoms with van der Waals surface area (Å²) in [5, 5.41) is 21.6. The number of benzene rings is 1. The predicted octanol–water partition coefficient (Wildman–Crippen LogP) is 3.52. The van der Waals surface area contributed by atoms with Crippen molar-refractivity contribution in [2.45, 2.75) is 0 Å². The molecule has 0 bridgehead atoms. The Morgan fingerprint density at radius 3 is 2.53 bits per heavy atom. The van der Waals surface area contributed by atoms with Crippen LogP contribution < -0.4 is 0 Å². The average Bonchev–Trinajstić information content (AvgIpc) is 2.84. The Morgan fingerprint density at radius 1 is 1.18 bits per heavy atom. The molecular formula is C11H7Cl2NO3. The largest absolute Gasteiger partial charge is 0.506 e. The van der Waals surface area contributed by atoms with Gasteiger partial charge in [0.15, 0.2) is 11.5 Å². The SMILES string of the molecule is ON=C(c1ccco1)c1ccc(O)c(Cl)c1Cl. The first-order valence-corrected chi connectivity index (χ1v) is 5.34. The van der Waals surface area contributed by atoms with Crippen LogP contribution in [0.3, 0.4) is 0 Å². The van der Waals surface area contributed by atoms with Crippen molar-refractivity contribution < 1.29 is 14.7 Å². The Hall–Kier alpha value is -1.65. The molecule has 88 valence electrons. The molecule has 1 aromatic heterocycles. The molecule has 1 heterocycles. The Kier molecular flexibility index (Phi) is 3.26. The molecule has 0 saturated heterocycles. The van der Waals surface area contributed by atoms with Crippen LogP contribution in [0.15, 0.2) is 40.1 Å². The normalized spacial score (nSPS) is 11.8. The zero-order valence-corrected chi connectivity index (χ0v) is 9.90. The molecule has 0 fully saturated rings. The molecule has 1 aromatic carbocycles. The lowest BCUT2D eigenvalue weighted by Crippen LogP contribution is -2.03. The summed E-state index contributed by atoms with van der Waals surface area (Å²) < 4.78 is 5.11. The van der Waals surface area contributed by atoms with E-state index >= 15 is 0 Å². The van der Waals surface area contributed by atoms with Crippen LogP contribution in [-0.2, 0) is 0 Å². The highest BCUT2D eigenvalue weighted by Gasteiger charge is 2.17. The third kappa shape index (κ3) is 2.09. The molecule has 0 saturated carbocycles. The van der Waals surface area contributed by atoms with Crippen LogP contribution in [-0.4, -0.2) is 16.0 Å². The first kappa shape index (κ1) is 11.8. The molecule has 2 rings (SSSR count). The second-order valence-electron chi connectivity index (χ2n) is 3.19. The maximum atomic E-state index is 9.37. The summed E-state index contributed by atoms with van der Waals surface area (Å²) in [5.41, 5.74) is 0.508. The maximum Gasteiger partial charge on any atom is 0.156 e. The van der Waals surface area contributed by atoms with E-state index in [1.165, 1.54) is 18.4 Å². The Balaban J connectivity index is 2.58. The van der Waals surface area contributed by atoms with Crippen molar-refractivity contribution in [3.63, 3.8) is 0 Å². The van der Waals surface area contributed by atoms with E-state index in [9.17, 15) is 5.11 Å². The lowest BCUT2D eigenvalue weighted by Gasteiger charge is -2.07. The number of phenolic OH excluding ortho intramolecular Hbond substituents is 1. The molecule has 0 atom stereocenters. The highest BCUT2D eigenvalue weighted by atomic mass is 35.5. The fourth-order valence-electron chi connectivity index (χ4n) is 1.37.